The molecule has 1 atom stereocenters. The molecule has 0 saturated carbocycles. The Labute approximate surface area is 231 Å². The summed E-state index contributed by atoms with van der Waals surface area (Å²) in [6, 6.07) is 24.9. The molecule has 1 N–H and O–H groups in total. The molecule has 1 fully saturated rings. The molecule has 2 amide bonds. The normalized spacial score (nSPS) is 15.3. The van der Waals surface area contributed by atoms with Gasteiger partial charge >= 0.3 is 0 Å². The molecule has 7 heteroatoms. The largest absolute Gasteiger partial charge is 0.349 e. The van der Waals surface area contributed by atoms with E-state index in [0.29, 0.717) is 42.6 Å². The Kier molecular flexibility index (Phi) is 7.74. The van der Waals surface area contributed by atoms with Gasteiger partial charge in [0.1, 0.15) is 17.5 Å². The Morgan fingerprint density at radius 1 is 0.750 bits per heavy atom. The number of nitrogens with zero attached hydrogens (tertiary/aromatic N) is 1. The highest BCUT2D eigenvalue weighted by atomic mass is 19.1. The molecule has 1 aliphatic heterocycles. The van der Waals surface area contributed by atoms with Crippen LogP contribution in [0.25, 0.3) is 11.1 Å². The monoisotopic (exact) mass is 542 g/mol. The summed E-state index contributed by atoms with van der Waals surface area (Å²) in [7, 11) is 0. The van der Waals surface area contributed by atoms with Gasteiger partial charge in [-0.15, -0.1) is 0 Å². The van der Waals surface area contributed by atoms with E-state index in [4.69, 9.17) is 0 Å². The summed E-state index contributed by atoms with van der Waals surface area (Å²) < 4.78 is 40.8. The number of rotatable bonds is 6. The Morgan fingerprint density at radius 3 is 1.88 bits per heavy atom. The van der Waals surface area contributed by atoms with Gasteiger partial charge in [-0.3, -0.25) is 9.59 Å². The number of hydrogen-bond acceptors (Lipinski definition) is 2. The molecule has 0 aliphatic carbocycles. The molecule has 0 spiro atoms. The van der Waals surface area contributed by atoms with Crippen molar-refractivity contribution in [1.82, 2.24) is 10.2 Å². The van der Waals surface area contributed by atoms with Crippen molar-refractivity contribution in [3.05, 3.63) is 131 Å². The van der Waals surface area contributed by atoms with E-state index in [2.05, 4.69) is 5.32 Å². The number of carbonyl (C=O) groups excluding carboxylic acids is 2. The number of likely N-dealkylation sites (tertiary alicyclic amines) is 1. The highest BCUT2D eigenvalue weighted by Gasteiger charge is 2.44. The van der Waals surface area contributed by atoms with E-state index in [1.807, 2.05) is 12.1 Å². The highest BCUT2D eigenvalue weighted by molar-refractivity contribution is 5.95. The zero-order chi connectivity index (χ0) is 28.3. The van der Waals surface area contributed by atoms with Crippen LogP contribution >= 0.6 is 0 Å². The van der Waals surface area contributed by atoms with Crippen molar-refractivity contribution in [2.75, 3.05) is 13.1 Å². The molecule has 204 valence electrons. The fourth-order valence-corrected chi connectivity index (χ4v) is 5.33. The van der Waals surface area contributed by atoms with Crippen LogP contribution in [0.3, 0.4) is 0 Å². The SMILES string of the molecule is C[C@H](NC(=O)C1(c2ccc(F)cc2)CCN(C(=O)c2ccc(-c3ccc(F)cc3)cc2)CC1)c1cccc(F)c1. The van der Waals surface area contributed by atoms with Gasteiger partial charge in [-0.2, -0.15) is 0 Å². The minimum Gasteiger partial charge on any atom is -0.349 e. The minimum atomic E-state index is -0.974. The Bertz CT molecular complexity index is 1490. The molecule has 1 aliphatic rings. The van der Waals surface area contributed by atoms with Gasteiger partial charge in [-0.1, -0.05) is 48.5 Å². The molecule has 1 saturated heterocycles. The van der Waals surface area contributed by atoms with Crippen molar-refractivity contribution in [3.63, 3.8) is 0 Å². The van der Waals surface area contributed by atoms with Crippen LogP contribution in [0.15, 0.2) is 97.1 Å². The average molecular weight is 543 g/mol. The summed E-state index contributed by atoms with van der Waals surface area (Å²) in [6.07, 6.45) is 0.694. The van der Waals surface area contributed by atoms with E-state index < -0.39 is 17.3 Å². The standard InChI is InChI=1S/C33H29F3N2O2/c1-22(26-3-2-4-30(36)21-26)37-32(40)33(27-11-15-29(35)16-12-27)17-19-38(20-18-33)31(39)25-7-5-23(6-8-25)24-9-13-28(34)14-10-24/h2-16,21-22H,17-20H2,1H3,(H,37,40)/t22-/m0/s1. The number of benzene rings is 4. The molecule has 1 heterocycles. The molecular formula is C33H29F3N2O2. The quantitative estimate of drug-likeness (QED) is 0.291. The van der Waals surface area contributed by atoms with E-state index in [1.165, 1.54) is 36.4 Å². The second-order valence-corrected chi connectivity index (χ2v) is 10.2. The number of halogens is 3. The third kappa shape index (κ3) is 5.64. The lowest BCUT2D eigenvalue weighted by Gasteiger charge is -2.41. The second-order valence-electron chi connectivity index (χ2n) is 10.2. The number of amides is 2. The maximum absolute atomic E-state index is 13.8. The van der Waals surface area contributed by atoms with E-state index in [9.17, 15) is 22.8 Å². The van der Waals surface area contributed by atoms with Crippen molar-refractivity contribution < 1.29 is 22.8 Å². The van der Waals surface area contributed by atoms with E-state index >= 15 is 0 Å². The van der Waals surface area contributed by atoms with Crippen LogP contribution in [0, 0.1) is 17.5 Å². The van der Waals surface area contributed by atoms with E-state index in [-0.39, 0.29) is 23.4 Å². The highest BCUT2D eigenvalue weighted by Crippen LogP contribution is 2.37. The van der Waals surface area contributed by atoms with Gasteiger partial charge < -0.3 is 10.2 Å². The van der Waals surface area contributed by atoms with Gasteiger partial charge in [0.2, 0.25) is 5.91 Å². The first kappa shape index (κ1) is 27.2. The lowest BCUT2D eigenvalue weighted by Crippen LogP contribution is -2.53. The third-order valence-electron chi connectivity index (χ3n) is 7.74. The lowest BCUT2D eigenvalue weighted by atomic mass is 9.71. The number of carbonyl (C=O) groups is 2. The summed E-state index contributed by atoms with van der Waals surface area (Å²) in [5.74, 6) is -1.48. The number of nitrogens with one attached hydrogen (secondary N) is 1. The van der Waals surface area contributed by atoms with Crippen LogP contribution in [0.4, 0.5) is 13.2 Å². The van der Waals surface area contributed by atoms with Gasteiger partial charge in [0.15, 0.2) is 0 Å². The number of piperidine rings is 1. The Hall–Kier alpha value is -4.39. The first-order valence-corrected chi connectivity index (χ1v) is 13.2. The third-order valence-corrected chi connectivity index (χ3v) is 7.74. The van der Waals surface area contributed by atoms with Crippen LogP contribution in [0.5, 0.6) is 0 Å². The van der Waals surface area contributed by atoms with Crippen molar-refractivity contribution in [3.8, 4) is 11.1 Å². The average Bonchev–Trinajstić information content (AvgIpc) is 2.97. The molecule has 0 radical (unpaired) electrons. The zero-order valence-electron chi connectivity index (χ0n) is 22.0. The second kappa shape index (κ2) is 11.4. The molecule has 0 aromatic heterocycles. The van der Waals surface area contributed by atoms with Gasteiger partial charge in [-0.25, -0.2) is 13.2 Å². The molecule has 0 unspecified atom stereocenters. The van der Waals surface area contributed by atoms with Crippen molar-refractivity contribution >= 4 is 11.8 Å². The molecule has 4 nitrogen and oxygen atoms in total. The minimum absolute atomic E-state index is 0.146. The smallest absolute Gasteiger partial charge is 0.253 e. The maximum atomic E-state index is 13.8. The van der Waals surface area contributed by atoms with Crippen LogP contribution in [0.1, 0.15) is 47.3 Å². The molecular weight excluding hydrogens is 513 g/mol. The van der Waals surface area contributed by atoms with Crippen LogP contribution < -0.4 is 5.32 Å². The summed E-state index contributed by atoms with van der Waals surface area (Å²) in [4.78, 5) is 28.8. The zero-order valence-corrected chi connectivity index (χ0v) is 22.0. The Balaban J connectivity index is 1.33. The predicted octanol–water partition coefficient (Wildman–Crippen LogP) is 6.82. The fraction of sp³-hybridized carbons (Fsp3) is 0.212. The van der Waals surface area contributed by atoms with Crippen LogP contribution in [-0.4, -0.2) is 29.8 Å². The van der Waals surface area contributed by atoms with Crippen molar-refractivity contribution in [2.24, 2.45) is 0 Å². The van der Waals surface area contributed by atoms with Crippen molar-refractivity contribution in [1.29, 1.82) is 0 Å². The van der Waals surface area contributed by atoms with Crippen LogP contribution in [-0.2, 0) is 10.2 Å². The van der Waals surface area contributed by atoms with Gasteiger partial charge in [0, 0.05) is 18.7 Å². The van der Waals surface area contributed by atoms with Gasteiger partial charge in [0.05, 0.1) is 11.5 Å². The summed E-state index contributed by atoms with van der Waals surface area (Å²) in [5, 5.41) is 3.02. The number of hydrogen-bond donors (Lipinski definition) is 1. The van der Waals surface area contributed by atoms with E-state index in [0.717, 1.165) is 11.1 Å². The molecule has 4 aromatic carbocycles. The molecule has 4 aromatic rings. The summed E-state index contributed by atoms with van der Waals surface area (Å²) in [6.45, 7) is 2.45. The maximum Gasteiger partial charge on any atom is 0.253 e. The Morgan fingerprint density at radius 2 is 1.30 bits per heavy atom. The molecule has 0 bridgehead atoms. The molecule has 5 rings (SSSR count). The van der Waals surface area contributed by atoms with Crippen LogP contribution in [0.2, 0.25) is 0 Å². The predicted molar refractivity (Wildman–Crippen MR) is 148 cm³/mol. The van der Waals surface area contributed by atoms with Gasteiger partial charge in [-0.05, 0) is 90.6 Å². The molecule has 40 heavy (non-hydrogen) atoms. The fourth-order valence-electron chi connectivity index (χ4n) is 5.33. The topological polar surface area (TPSA) is 49.4 Å². The summed E-state index contributed by atoms with van der Waals surface area (Å²) >= 11 is 0. The van der Waals surface area contributed by atoms with Gasteiger partial charge in [0.25, 0.3) is 5.91 Å². The lowest BCUT2D eigenvalue weighted by molar-refractivity contribution is -0.129. The summed E-state index contributed by atoms with van der Waals surface area (Å²) in [5.41, 5.74) is 2.58. The van der Waals surface area contributed by atoms with E-state index in [1.54, 1.807) is 60.4 Å². The van der Waals surface area contributed by atoms with Crippen molar-refractivity contribution in [2.45, 2.75) is 31.2 Å². The first-order valence-electron chi connectivity index (χ1n) is 13.2. The first-order chi connectivity index (χ1) is 19.2.